The molecule has 0 atom stereocenters. The van der Waals surface area contributed by atoms with E-state index in [-0.39, 0.29) is 0 Å². The van der Waals surface area contributed by atoms with E-state index in [1.807, 2.05) is 0 Å². The summed E-state index contributed by atoms with van der Waals surface area (Å²) >= 11 is 0. The van der Waals surface area contributed by atoms with E-state index >= 15 is 0 Å². The fraction of sp³-hybridized carbons (Fsp3) is 0.667. The molecule has 2 rings (SSSR count). The first-order valence-corrected chi connectivity index (χ1v) is 5.94. The topological polar surface area (TPSA) is 47.0 Å². The third kappa shape index (κ3) is 2.92. The van der Waals surface area contributed by atoms with E-state index in [1.54, 1.807) is 7.11 Å². The minimum atomic E-state index is 0.668. The number of nitrogens with zero attached hydrogens (tertiary/aromatic N) is 2. The molecule has 0 aromatic carbocycles. The van der Waals surface area contributed by atoms with Crippen molar-refractivity contribution in [1.29, 1.82) is 0 Å². The summed E-state index contributed by atoms with van der Waals surface area (Å²) in [6.45, 7) is 3.65. The Kier molecular flexibility index (Phi) is 3.72. The predicted molar refractivity (Wildman–Crippen MR) is 63.8 cm³/mol. The molecule has 0 spiro atoms. The van der Waals surface area contributed by atoms with E-state index in [2.05, 4.69) is 28.3 Å². The van der Waals surface area contributed by atoms with Gasteiger partial charge >= 0.3 is 0 Å². The third-order valence-electron chi connectivity index (χ3n) is 2.68. The average molecular weight is 221 g/mol. The maximum absolute atomic E-state index is 5.06. The van der Waals surface area contributed by atoms with Gasteiger partial charge in [-0.3, -0.25) is 0 Å². The molecule has 1 fully saturated rings. The summed E-state index contributed by atoms with van der Waals surface area (Å²) < 4.78 is 5.06. The molecular weight excluding hydrogens is 202 g/mol. The van der Waals surface area contributed by atoms with Gasteiger partial charge in [-0.1, -0.05) is 0 Å². The second-order valence-electron chi connectivity index (χ2n) is 4.14. The highest BCUT2D eigenvalue weighted by molar-refractivity contribution is 5.38. The maximum atomic E-state index is 5.06. The third-order valence-corrected chi connectivity index (χ3v) is 2.68. The minimum absolute atomic E-state index is 0.668. The zero-order valence-corrected chi connectivity index (χ0v) is 9.99. The summed E-state index contributed by atoms with van der Waals surface area (Å²) in [6.07, 6.45) is 3.33. The smallest absolute Gasteiger partial charge is 0.133 e. The Balaban J connectivity index is 2.14. The van der Waals surface area contributed by atoms with E-state index in [4.69, 9.17) is 4.74 Å². The summed E-state index contributed by atoms with van der Waals surface area (Å²) in [6, 6.07) is 2.08. The van der Waals surface area contributed by atoms with Crippen molar-refractivity contribution in [3.8, 4) is 0 Å². The molecule has 0 unspecified atom stereocenters. The Hall–Kier alpha value is -1.16. The van der Waals surface area contributed by atoms with E-state index in [1.165, 1.54) is 18.5 Å². The van der Waals surface area contributed by atoms with E-state index in [0.717, 1.165) is 24.6 Å². The molecule has 0 saturated heterocycles. The lowest BCUT2D eigenvalue weighted by Gasteiger charge is -2.08. The van der Waals surface area contributed by atoms with Gasteiger partial charge < -0.3 is 10.1 Å². The van der Waals surface area contributed by atoms with Gasteiger partial charge in [-0.25, -0.2) is 9.97 Å². The van der Waals surface area contributed by atoms with Crippen LogP contribution < -0.4 is 5.32 Å². The van der Waals surface area contributed by atoms with Crippen LogP contribution in [-0.4, -0.2) is 30.2 Å². The molecular formula is C12H19N3O. The largest absolute Gasteiger partial charge is 0.384 e. The lowest BCUT2D eigenvalue weighted by Crippen LogP contribution is -2.07. The molecule has 0 radical (unpaired) electrons. The molecule has 16 heavy (non-hydrogen) atoms. The Morgan fingerprint density at radius 1 is 1.44 bits per heavy atom. The number of anilines is 1. The van der Waals surface area contributed by atoms with Crippen molar-refractivity contribution < 1.29 is 4.74 Å². The quantitative estimate of drug-likeness (QED) is 0.798. The van der Waals surface area contributed by atoms with Crippen LogP contribution in [0.5, 0.6) is 0 Å². The first kappa shape index (κ1) is 11.3. The zero-order valence-electron chi connectivity index (χ0n) is 9.99. The summed E-state index contributed by atoms with van der Waals surface area (Å²) in [4.78, 5) is 9.05. The zero-order chi connectivity index (χ0) is 11.4. The van der Waals surface area contributed by atoms with Gasteiger partial charge in [-0.15, -0.1) is 0 Å². The number of ether oxygens (including phenoxy) is 1. The van der Waals surface area contributed by atoms with Crippen molar-refractivity contribution in [1.82, 2.24) is 9.97 Å². The van der Waals surface area contributed by atoms with Crippen LogP contribution in [0.3, 0.4) is 0 Å². The first-order chi connectivity index (χ1) is 7.83. The van der Waals surface area contributed by atoms with Crippen LogP contribution >= 0.6 is 0 Å². The monoisotopic (exact) mass is 221 g/mol. The number of rotatable bonds is 6. The fourth-order valence-corrected chi connectivity index (χ4v) is 1.68. The molecule has 1 saturated carbocycles. The maximum Gasteiger partial charge on any atom is 0.133 e. The van der Waals surface area contributed by atoms with E-state index < -0.39 is 0 Å². The van der Waals surface area contributed by atoms with Crippen LogP contribution in [0.2, 0.25) is 0 Å². The van der Waals surface area contributed by atoms with Crippen LogP contribution in [0.15, 0.2) is 6.07 Å². The minimum Gasteiger partial charge on any atom is -0.384 e. The van der Waals surface area contributed by atoms with Gasteiger partial charge in [0, 0.05) is 37.8 Å². The molecule has 88 valence electrons. The highest BCUT2D eigenvalue weighted by atomic mass is 16.5. The summed E-state index contributed by atoms with van der Waals surface area (Å²) in [7, 11) is 1.70. The Bertz CT molecular complexity index is 350. The number of hydrogen-bond acceptors (Lipinski definition) is 4. The highest BCUT2D eigenvalue weighted by Crippen LogP contribution is 2.39. The first-order valence-electron chi connectivity index (χ1n) is 5.94. The van der Waals surface area contributed by atoms with Crippen LogP contribution in [0.25, 0.3) is 0 Å². The molecule has 1 aromatic rings. The number of hydrogen-bond donors (Lipinski definition) is 1. The Labute approximate surface area is 96.4 Å². The molecule has 4 nitrogen and oxygen atoms in total. The van der Waals surface area contributed by atoms with Crippen molar-refractivity contribution >= 4 is 5.82 Å². The molecule has 0 amide bonds. The lowest BCUT2D eigenvalue weighted by molar-refractivity contribution is 0.200. The second kappa shape index (κ2) is 5.25. The van der Waals surface area contributed by atoms with Crippen LogP contribution in [0, 0.1) is 0 Å². The van der Waals surface area contributed by atoms with Crippen molar-refractivity contribution in [2.45, 2.75) is 32.1 Å². The molecule has 1 aliphatic carbocycles. The molecule has 1 aliphatic rings. The average Bonchev–Trinajstić information content (AvgIpc) is 3.10. The molecule has 0 bridgehead atoms. The Morgan fingerprint density at radius 2 is 2.25 bits per heavy atom. The molecule has 0 aliphatic heterocycles. The Morgan fingerprint density at radius 3 is 2.88 bits per heavy atom. The predicted octanol–water partition coefficient (Wildman–Crippen LogP) is 1.97. The normalized spacial score (nSPS) is 15.1. The van der Waals surface area contributed by atoms with Crippen molar-refractivity contribution in [3.63, 3.8) is 0 Å². The van der Waals surface area contributed by atoms with Gasteiger partial charge in [0.05, 0.1) is 6.61 Å². The van der Waals surface area contributed by atoms with Crippen molar-refractivity contribution in [3.05, 3.63) is 17.6 Å². The fourth-order valence-electron chi connectivity index (χ4n) is 1.68. The van der Waals surface area contributed by atoms with Gasteiger partial charge in [0.15, 0.2) is 0 Å². The van der Waals surface area contributed by atoms with E-state index in [9.17, 15) is 0 Å². The van der Waals surface area contributed by atoms with Gasteiger partial charge in [-0.05, 0) is 19.8 Å². The van der Waals surface area contributed by atoms with Gasteiger partial charge in [-0.2, -0.15) is 0 Å². The number of aromatic nitrogens is 2. The molecule has 1 aromatic heterocycles. The molecule has 4 heteroatoms. The van der Waals surface area contributed by atoms with Crippen LogP contribution in [0.4, 0.5) is 5.82 Å². The SMILES string of the molecule is CCNc1cc(C2CC2)nc(CCOC)n1. The summed E-state index contributed by atoms with van der Waals surface area (Å²) in [5.41, 5.74) is 1.19. The van der Waals surface area contributed by atoms with Crippen LogP contribution in [0.1, 0.15) is 37.2 Å². The standard InChI is InChI=1S/C12H19N3O/c1-3-13-12-8-10(9-4-5-9)14-11(15-12)6-7-16-2/h8-9H,3-7H2,1-2H3,(H,13,14,15). The van der Waals surface area contributed by atoms with Gasteiger partial charge in [0.2, 0.25) is 0 Å². The van der Waals surface area contributed by atoms with Gasteiger partial charge in [0.25, 0.3) is 0 Å². The van der Waals surface area contributed by atoms with E-state index in [0.29, 0.717) is 12.5 Å². The second-order valence-corrected chi connectivity index (χ2v) is 4.14. The van der Waals surface area contributed by atoms with Gasteiger partial charge in [0.1, 0.15) is 11.6 Å². The molecule has 1 N–H and O–H groups in total. The van der Waals surface area contributed by atoms with Crippen molar-refractivity contribution in [2.24, 2.45) is 0 Å². The van der Waals surface area contributed by atoms with Crippen molar-refractivity contribution in [2.75, 3.05) is 25.6 Å². The summed E-state index contributed by atoms with van der Waals surface area (Å²) in [5, 5.41) is 3.26. The highest BCUT2D eigenvalue weighted by Gasteiger charge is 2.26. The molecule has 1 heterocycles. The number of nitrogens with one attached hydrogen (secondary N) is 1. The summed E-state index contributed by atoms with van der Waals surface area (Å²) in [5.74, 6) is 2.51. The number of methoxy groups -OCH3 is 1. The van der Waals surface area contributed by atoms with Crippen LogP contribution in [-0.2, 0) is 11.2 Å². The lowest BCUT2D eigenvalue weighted by atomic mass is 10.2.